The second-order valence-corrected chi connectivity index (χ2v) is 10.3. The maximum absolute atomic E-state index is 13.2. The Morgan fingerprint density at radius 2 is 1.51 bits per heavy atom. The van der Waals surface area contributed by atoms with Gasteiger partial charge in [-0.25, -0.2) is 8.42 Å². The van der Waals surface area contributed by atoms with Crippen LogP contribution in [-0.4, -0.2) is 27.0 Å². The van der Waals surface area contributed by atoms with Crippen LogP contribution in [0.4, 0.5) is 32.0 Å². The van der Waals surface area contributed by atoms with Crippen LogP contribution in [0, 0.1) is 0 Å². The lowest BCUT2D eigenvalue weighted by molar-refractivity contribution is -0.143. The van der Waals surface area contributed by atoms with Crippen LogP contribution in [0.3, 0.4) is 0 Å². The molecule has 14 heteroatoms. The standard InChI is InChI=1S/C25H21ClF6N2O4S/c1-2-38-22-9-8-19(14-20(22)26)39(36,37)34-21(10-15-6-4-3-5-7-15)23(35)33-18-12-16(24(27,28)29)11-17(13-18)25(30,31)32/h3-9,11-14,21,34H,2,10H2,1H3,(H,33,35)/t21-/m0/s1. The van der Waals surface area contributed by atoms with E-state index >= 15 is 0 Å². The molecule has 0 saturated heterocycles. The molecule has 0 aliphatic rings. The van der Waals surface area contributed by atoms with Crippen molar-refractivity contribution in [3.8, 4) is 5.75 Å². The van der Waals surface area contributed by atoms with E-state index in [9.17, 15) is 39.6 Å². The highest BCUT2D eigenvalue weighted by molar-refractivity contribution is 7.89. The zero-order chi connectivity index (χ0) is 29.0. The fourth-order valence-electron chi connectivity index (χ4n) is 3.47. The molecule has 0 spiro atoms. The van der Waals surface area contributed by atoms with E-state index in [0.29, 0.717) is 17.7 Å². The van der Waals surface area contributed by atoms with Crippen LogP contribution < -0.4 is 14.8 Å². The number of carbonyl (C=O) groups excluding carboxylic acids is 1. The van der Waals surface area contributed by atoms with Crippen molar-refractivity contribution in [2.24, 2.45) is 0 Å². The van der Waals surface area contributed by atoms with Gasteiger partial charge < -0.3 is 10.1 Å². The molecule has 0 aromatic heterocycles. The molecule has 0 unspecified atom stereocenters. The fraction of sp³-hybridized carbons (Fsp3) is 0.240. The van der Waals surface area contributed by atoms with Gasteiger partial charge in [0.25, 0.3) is 0 Å². The molecule has 0 bridgehead atoms. The molecule has 1 atom stereocenters. The van der Waals surface area contributed by atoms with Crippen molar-refractivity contribution in [2.75, 3.05) is 11.9 Å². The van der Waals surface area contributed by atoms with Crippen molar-refractivity contribution in [1.82, 2.24) is 4.72 Å². The second-order valence-electron chi connectivity index (χ2n) is 8.17. The van der Waals surface area contributed by atoms with Gasteiger partial charge in [-0.05, 0) is 55.3 Å². The number of hydrogen-bond donors (Lipinski definition) is 2. The van der Waals surface area contributed by atoms with Crippen LogP contribution in [0.1, 0.15) is 23.6 Å². The minimum Gasteiger partial charge on any atom is -0.492 e. The molecule has 0 aliphatic carbocycles. The number of amides is 1. The lowest BCUT2D eigenvalue weighted by Crippen LogP contribution is -2.45. The highest BCUT2D eigenvalue weighted by atomic mass is 35.5. The summed E-state index contributed by atoms with van der Waals surface area (Å²) >= 11 is 6.07. The van der Waals surface area contributed by atoms with Gasteiger partial charge in [0.05, 0.1) is 27.7 Å². The molecule has 0 aliphatic heterocycles. The number of carbonyl (C=O) groups is 1. The van der Waals surface area contributed by atoms with Crippen LogP contribution in [-0.2, 0) is 33.6 Å². The first-order chi connectivity index (χ1) is 18.1. The van der Waals surface area contributed by atoms with Gasteiger partial charge in [0.15, 0.2) is 0 Å². The zero-order valence-corrected chi connectivity index (χ0v) is 21.6. The smallest absolute Gasteiger partial charge is 0.416 e. The van der Waals surface area contributed by atoms with Gasteiger partial charge in [0, 0.05) is 5.69 Å². The van der Waals surface area contributed by atoms with Gasteiger partial charge >= 0.3 is 12.4 Å². The Balaban J connectivity index is 1.97. The largest absolute Gasteiger partial charge is 0.492 e. The van der Waals surface area contributed by atoms with Crippen molar-refractivity contribution in [1.29, 1.82) is 0 Å². The average Bonchev–Trinajstić information content (AvgIpc) is 2.84. The minimum absolute atomic E-state index is 0.0348. The minimum atomic E-state index is -5.14. The summed E-state index contributed by atoms with van der Waals surface area (Å²) in [5.74, 6) is -0.978. The van der Waals surface area contributed by atoms with E-state index in [1.165, 1.54) is 12.1 Å². The van der Waals surface area contributed by atoms with Crippen LogP contribution in [0.2, 0.25) is 5.02 Å². The summed E-state index contributed by atoms with van der Waals surface area (Å²) in [6, 6.07) is 10.5. The Labute approximate surface area is 225 Å². The molecule has 0 fully saturated rings. The highest BCUT2D eigenvalue weighted by Gasteiger charge is 2.37. The predicted octanol–water partition coefficient (Wildman–Crippen LogP) is 6.30. The van der Waals surface area contributed by atoms with E-state index in [2.05, 4.69) is 4.72 Å². The van der Waals surface area contributed by atoms with E-state index in [0.717, 1.165) is 6.07 Å². The fourth-order valence-corrected chi connectivity index (χ4v) is 4.99. The summed E-state index contributed by atoms with van der Waals surface area (Å²) in [7, 11) is -4.44. The Morgan fingerprint density at radius 3 is 2.03 bits per heavy atom. The zero-order valence-electron chi connectivity index (χ0n) is 20.0. The Morgan fingerprint density at radius 1 is 0.923 bits per heavy atom. The topological polar surface area (TPSA) is 84.5 Å². The molecule has 1 amide bonds. The molecular weight excluding hydrogens is 574 g/mol. The van der Waals surface area contributed by atoms with E-state index in [4.69, 9.17) is 16.3 Å². The maximum Gasteiger partial charge on any atom is 0.416 e. The van der Waals surface area contributed by atoms with Gasteiger partial charge in [-0.3, -0.25) is 4.79 Å². The summed E-state index contributed by atoms with van der Waals surface area (Å²) in [5, 5.41) is 1.95. The quantitative estimate of drug-likeness (QED) is 0.285. The van der Waals surface area contributed by atoms with Gasteiger partial charge in [0.2, 0.25) is 15.9 Å². The molecule has 39 heavy (non-hydrogen) atoms. The van der Waals surface area contributed by atoms with E-state index in [1.807, 2.05) is 5.32 Å². The summed E-state index contributed by atoms with van der Waals surface area (Å²) in [4.78, 5) is 12.8. The number of alkyl halides is 6. The molecule has 210 valence electrons. The SMILES string of the molecule is CCOc1ccc(S(=O)(=O)N[C@@H](Cc2ccccc2)C(=O)Nc2cc(C(F)(F)F)cc(C(F)(F)F)c2)cc1Cl. The van der Waals surface area contributed by atoms with Gasteiger partial charge in [-0.2, -0.15) is 31.1 Å². The number of rotatable bonds is 9. The molecule has 0 heterocycles. The molecule has 6 nitrogen and oxygen atoms in total. The third kappa shape index (κ3) is 8.10. The third-order valence-electron chi connectivity index (χ3n) is 5.27. The summed E-state index contributed by atoms with van der Waals surface area (Å²) in [6.45, 7) is 1.95. The van der Waals surface area contributed by atoms with E-state index in [-0.39, 0.29) is 34.8 Å². The molecule has 3 aromatic rings. The van der Waals surface area contributed by atoms with Crippen molar-refractivity contribution in [2.45, 2.75) is 36.6 Å². The van der Waals surface area contributed by atoms with Gasteiger partial charge in [0.1, 0.15) is 11.8 Å². The number of hydrogen-bond acceptors (Lipinski definition) is 4. The van der Waals surface area contributed by atoms with Crippen LogP contribution >= 0.6 is 11.6 Å². The Hall–Kier alpha value is -3.29. The van der Waals surface area contributed by atoms with Crippen LogP contribution in [0.25, 0.3) is 0 Å². The van der Waals surface area contributed by atoms with Gasteiger partial charge in [-0.1, -0.05) is 41.9 Å². The number of ether oxygens (including phenoxy) is 1. The van der Waals surface area contributed by atoms with Crippen LogP contribution in [0.15, 0.2) is 71.6 Å². The number of benzene rings is 3. The molecule has 3 aromatic carbocycles. The first-order valence-corrected chi connectivity index (χ1v) is 13.0. The monoisotopic (exact) mass is 594 g/mol. The number of sulfonamides is 1. The lowest BCUT2D eigenvalue weighted by atomic mass is 10.1. The summed E-state index contributed by atoms with van der Waals surface area (Å²) < 4.78 is 113. The highest BCUT2D eigenvalue weighted by Crippen LogP contribution is 2.37. The summed E-state index contributed by atoms with van der Waals surface area (Å²) in [6.07, 6.45) is -10.6. The number of nitrogens with one attached hydrogen (secondary N) is 2. The van der Waals surface area contributed by atoms with Crippen molar-refractivity contribution in [3.63, 3.8) is 0 Å². The number of anilines is 1. The first kappa shape index (κ1) is 30.3. The Kier molecular flexibility index (Phi) is 9.19. The Bertz CT molecular complexity index is 1400. The van der Waals surface area contributed by atoms with E-state index < -0.39 is 51.1 Å². The third-order valence-corrected chi connectivity index (χ3v) is 7.03. The van der Waals surface area contributed by atoms with E-state index in [1.54, 1.807) is 37.3 Å². The summed E-state index contributed by atoms with van der Waals surface area (Å²) in [5.41, 5.74) is -3.64. The van der Waals surface area contributed by atoms with Crippen molar-refractivity contribution < 1.29 is 44.3 Å². The molecule has 2 N–H and O–H groups in total. The molecule has 0 radical (unpaired) electrons. The number of halogens is 7. The normalized spacial score (nSPS) is 13.1. The first-order valence-electron chi connectivity index (χ1n) is 11.2. The maximum atomic E-state index is 13.2. The lowest BCUT2D eigenvalue weighted by Gasteiger charge is -2.20. The van der Waals surface area contributed by atoms with Gasteiger partial charge in [-0.15, -0.1) is 0 Å². The van der Waals surface area contributed by atoms with Crippen molar-refractivity contribution >= 4 is 33.2 Å². The molecular formula is C25H21ClF6N2O4S. The second kappa shape index (κ2) is 11.8. The predicted molar refractivity (Wildman–Crippen MR) is 132 cm³/mol. The molecule has 0 saturated carbocycles. The van der Waals surface area contributed by atoms with Crippen LogP contribution in [0.5, 0.6) is 5.75 Å². The van der Waals surface area contributed by atoms with Crippen molar-refractivity contribution in [3.05, 3.63) is 88.4 Å². The molecule has 3 rings (SSSR count). The average molecular weight is 595 g/mol.